The smallest absolute Gasteiger partial charge is 0.368 e. The van der Waals surface area contributed by atoms with E-state index in [0.717, 1.165) is 0 Å². The van der Waals surface area contributed by atoms with Crippen molar-refractivity contribution in [2.45, 2.75) is 0 Å². The first-order valence-corrected chi connectivity index (χ1v) is 51.3. The van der Waals surface area contributed by atoms with Crippen molar-refractivity contribution in [3.05, 3.63) is 0 Å². The highest BCUT2D eigenvalue weighted by atomic mass is 28.6. The Kier molecular flexibility index (Phi) is 25.7. The van der Waals surface area contributed by atoms with E-state index < -0.39 is 181 Å². The lowest BCUT2D eigenvalue weighted by Gasteiger charge is -2.33. The van der Waals surface area contributed by atoms with Crippen LogP contribution in [0.15, 0.2) is 0 Å². The minimum absolute atomic E-state index is 3.56. The zero-order chi connectivity index (χ0) is 64.1. The predicted octanol–water partition coefficient (Wildman–Crippen LogP) is -31.3. The van der Waals surface area contributed by atoms with Gasteiger partial charge in [-0.1, -0.05) is 0 Å². The molecule has 480 valence electrons. The molecule has 60 nitrogen and oxygen atoms in total. The summed E-state index contributed by atoms with van der Waals surface area (Å²) in [5.74, 6) is 0. The molecule has 1 saturated heterocycles. The van der Waals surface area contributed by atoms with Crippen molar-refractivity contribution in [2.75, 3.05) is 0 Å². The van der Waals surface area contributed by atoms with Crippen molar-refractivity contribution in [1.29, 1.82) is 0 Å². The maximum atomic E-state index is 9.85. The van der Waals surface area contributed by atoms with Gasteiger partial charge in [0, 0.05) is 0 Å². The molecule has 1 heterocycles. The van der Waals surface area contributed by atoms with E-state index in [4.69, 9.17) is 0 Å². The molecular formula is H40O60Si20. The Balaban J connectivity index is 3.73. The third-order valence-corrected chi connectivity index (χ3v) is 47.9. The van der Waals surface area contributed by atoms with Crippen LogP contribution >= 0.6 is 0 Å². The van der Waals surface area contributed by atoms with Crippen molar-refractivity contribution < 1.29 is 274 Å². The van der Waals surface area contributed by atoms with Crippen molar-refractivity contribution in [2.24, 2.45) is 0 Å². The molecule has 1 rings (SSSR count). The van der Waals surface area contributed by atoms with Crippen LogP contribution < -0.4 is 0 Å². The van der Waals surface area contributed by atoms with Gasteiger partial charge < -0.3 is 274 Å². The molecule has 0 aliphatic carbocycles. The van der Waals surface area contributed by atoms with E-state index in [2.05, 4.69) is 82.3 Å². The minimum atomic E-state index is -7.07. The fourth-order valence-electron chi connectivity index (χ4n) is 3.88. The van der Waals surface area contributed by atoms with Crippen molar-refractivity contribution in [3.8, 4) is 0 Å². The van der Waals surface area contributed by atoms with E-state index >= 15 is 0 Å². The standard InChI is InChI=1S/H40O60Si20/c1-61(2)41-62(3,4)43-64(7,8)45-66(11,12)47-68(15,16)49-70(19,20)51-72(23,24)53-74(27,28)55-76(31,32)57-78(35,36)59-80(39,40)60-79(37,38)58-77(33,34)56-75(29,30)54-73(25,26)52-71(21,22)50-69(17,18)48-67(13,14)46-65(9,10)44-63(5,6)42-61/h1-40H. The first-order valence-electron chi connectivity index (χ1n) is 17.1. The first-order chi connectivity index (χ1) is 34.1. The second-order valence-electron chi connectivity index (χ2n) is 13.0. The van der Waals surface area contributed by atoms with Gasteiger partial charge in [-0.2, -0.15) is 0 Å². The summed E-state index contributed by atoms with van der Waals surface area (Å²) in [7, 11) is -141. The Morgan fingerprint density at radius 2 is 0.100 bits per heavy atom. The fraction of sp³-hybridized carbons (Fsp3) is 0. The second kappa shape index (κ2) is 25.7. The van der Waals surface area contributed by atoms with Crippen LogP contribution in [0, 0.1) is 0 Å². The van der Waals surface area contributed by atoms with Gasteiger partial charge in [0.1, 0.15) is 0 Å². The van der Waals surface area contributed by atoms with Gasteiger partial charge in [0.05, 0.1) is 0 Å². The van der Waals surface area contributed by atoms with Crippen LogP contribution in [-0.4, -0.2) is 373 Å². The normalized spacial score (nSPS) is 31.5. The average molecular weight is 1560 g/mol. The number of hydrogen-bond donors (Lipinski definition) is 40. The molecule has 0 spiro atoms. The highest BCUT2D eigenvalue weighted by Crippen LogP contribution is 2.26. The topological polar surface area (TPSA) is 994 Å². The van der Waals surface area contributed by atoms with E-state index in [1.807, 2.05) is 0 Å². The summed E-state index contributed by atoms with van der Waals surface area (Å²) in [5, 5.41) is 0. The highest BCUT2D eigenvalue weighted by Gasteiger charge is 2.72. The van der Waals surface area contributed by atoms with E-state index in [-0.39, 0.29) is 0 Å². The van der Waals surface area contributed by atoms with Crippen molar-refractivity contribution in [1.82, 2.24) is 0 Å². The van der Waals surface area contributed by atoms with Gasteiger partial charge in [-0.25, -0.2) is 0 Å². The lowest BCUT2D eigenvalue weighted by atomic mass is 15.5. The molecule has 1 aliphatic heterocycles. The van der Waals surface area contributed by atoms with Gasteiger partial charge in [-0.3, -0.25) is 0 Å². The zero-order valence-corrected chi connectivity index (χ0v) is 56.1. The first kappa shape index (κ1) is 79.9. The summed E-state index contributed by atoms with van der Waals surface area (Å²) in [6.45, 7) is 0. The zero-order valence-electron chi connectivity index (χ0n) is 36.1. The predicted molar refractivity (Wildman–Crippen MR) is 226 cm³/mol. The molecule has 0 amide bonds. The van der Waals surface area contributed by atoms with Crippen LogP contribution in [0.4, 0.5) is 0 Å². The Labute approximate surface area is 453 Å². The average Bonchev–Trinajstić information content (AvgIpc) is 2.90. The summed E-state index contributed by atoms with van der Waals surface area (Å²) in [4.78, 5) is 394. The largest absolute Gasteiger partial charge is 0.662 e. The molecule has 0 saturated carbocycles. The van der Waals surface area contributed by atoms with E-state index in [0.29, 0.717) is 0 Å². The molecule has 0 aromatic heterocycles. The van der Waals surface area contributed by atoms with Crippen molar-refractivity contribution >= 4 is 181 Å². The van der Waals surface area contributed by atoms with Crippen LogP contribution in [0.3, 0.4) is 0 Å². The van der Waals surface area contributed by atoms with Crippen LogP contribution in [0.25, 0.3) is 0 Å². The summed E-state index contributed by atoms with van der Waals surface area (Å²) in [6, 6.07) is 0. The molecule has 0 radical (unpaired) electrons. The van der Waals surface area contributed by atoms with E-state index in [1.54, 1.807) is 0 Å². The van der Waals surface area contributed by atoms with Gasteiger partial charge in [0.2, 0.25) is 0 Å². The lowest BCUT2D eigenvalue weighted by Crippen LogP contribution is -2.71. The van der Waals surface area contributed by atoms with Gasteiger partial charge in [0.25, 0.3) is 0 Å². The van der Waals surface area contributed by atoms with E-state index in [9.17, 15) is 192 Å². The number of hydrogen-bond acceptors (Lipinski definition) is 60. The SMILES string of the molecule is O[Si]1(O)O[Si](O)(O)O[Si](O)(O)O[Si](O)(O)O[Si](O)(O)O[Si](O)(O)O[Si](O)(O)O[Si](O)(O)O[Si](O)(O)O[Si](O)(O)O[Si](O)(O)O[Si](O)(O)O[Si](O)(O)O[Si](O)(O)O[Si](O)(O)O[Si](O)(O)O[Si](O)(O)O[Si](O)(O)O[Si](O)(O)O[Si](O)(O)O1. The van der Waals surface area contributed by atoms with Crippen LogP contribution in [0.1, 0.15) is 0 Å². The Hall–Kier alpha value is 1.94. The highest BCUT2D eigenvalue weighted by molar-refractivity contribution is 6.84. The van der Waals surface area contributed by atoms with Gasteiger partial charge in [-0.05, 0) is 0 Å². The van der Waals surface area contributed by atoms with Crippen molar-refractivity contribution in [3.63, 3.8) is 0 Å². The molecule has 1 aliphatic rings. The molecule has 0 atom stereocenters. The third-order valence-electron chi connectivity index (χ3n) is 5.32. The molecule has 0 aromatic rings. The molecule has 40 N–H and O–H groups in total. The molecule has 0 aromatic carbocycles. The van der Waals surface area contributed by atoms with Gasteiger partial charge >= 0.3 is 181 Å². The Morgan fingerprint density at radius 3 is 0.125 bits per heavy atom. The Bertz CT molecular complexity index is 1300. The molecule has 80 heavy (non-hydrogen) atoms. The van der Waals surface area contributed by atoms with Crippen LogP contribution in [0.5, 0.6) is 0 Å². The van der Waals surface area contributed by atoms with E-state index in [1.165, 1.54) is 0 Å². The lowest BCUT2D eigenvalue weighted by molar-refractivity contribution is -0.0378. The Morgan fingerprint density at radius 1 is 0.0750 bits per heavy atom. The molecule has 1 fully saturated rings. The minimum Gasteiger partial charge on any atom is -0.368 e. The van der Waals surface area contributed by atoms with Gasteiger partial charge in [-0.15, -0.1) is 0 Å². The third kappa shape index (κ3) is 33.5. The summed E-state index contributed by atoms with van der Waals surface area (Å²) in [5.41, 5.74) is 0. The molecular weight excluding hydrogens is 1520 g/mol. The number of rotatable bonds is 0. The monoisotopic (exact) mass is 1560 g/mol. The molecule has 0 bridgehead atoms. The van der Waals surface area contributed by atoms with Crippen LogP contribution in [0.2, 0.25) is 0 Å². The summed E-state index contributed by atoms with van der Waals surface area (Å²) >= 11 is 0. The van der Waals surface area contributed by atoms with Crippen LogP contribution in [-0.2, 0) is 82.3 Å². The maximum Gasteiger partial charge on any atom is 0.662 e. The fourth-order valence-corrected chi connectivity index (χ4v) is 42.4. The second-order valence-corrected chi connectivity index (χ2v) is 51.3. The van der Waals surface area contributed by atoms with Gasteiger partial charge in [0.15, 0.2) is 0 Å². The molecule has 80 heteroatoms. The quantitative estimate of drug-likeness (QED) is 0.100. The molecule has 0 unspecified atom stereocenters. The maximum absolute atomic E-state index is 9.85. The summed E-state index contributed by atoms with van der Waals surface area (Å²) in [6.07, 6.45) is 0. The summed E-state index contributed by atoms with van der Waals surface area (Å²) < 4.78 is 71.3.